The first kappa shape index (κ1) is 15.2. The summed E-state index contributed by atoms with van der Waals surface area (Å²) >= 11 is 0. The van der Waals surface area contributed by atoms with Gasteiger partial charge in [0.15, 0.2) is 0 Å². The van der Waals surface area contributed by atoms with E-state index in [1.807, 2.05) is 54.5 Å². The molecule has 2 heterocycles. The van der Waals surface area contributed by atoms with Crippen molar-refractivity contribution in [2.75, 3.05) is 19.8 Å². The van der Waals surface area contributed by atoms with E-state index in [0.717, 1.165) is 25.3 Å². The zero-order chi connectivity index (χ0) is 15.4. The van der Waals surface area contributed by atoms with Crippen molar-refractivity contribution in [2.45, 2.75) is 25.1 Å². The summed E-state index contributed by atoms with van der Waals surface area (Å²) in [6.45, 7) is 3.16. The van der Waals surface area contributed by atoms with Crippen molar-refractivity contribution in [1.29, 1.82) is 0 Å². The van der Waals surface area contributed by atoms with Crippen LogP contribution in [0.15, 0.2) is 42.7 Å². The Morgan fingerprint density at radius 1 is 1.36 bits per heavy atom. The average molecular weight is 301 g/mol. The van der Waals surface area contributed by atoms with E-state index in [2.05, 4.69) is 10.00 Å². The molecule has 0 aliphatic carbocycles. The van der Waals surface area contributed by atoms with Crippen LogP contribution in [0.4, 0.5) is 0 Å². The van der Waals surface area contributed by atoms with Crippen molar-refractivity contribution < 1.29 is 9.84 Å². The zero-order valence-electron chi connectivity index (χ0n) is 12.9. The van der Waals surface area contributed by atoms with Gasteiger partial charge in [-0.1, -0.05) is 30.3 Å². The van der Waals surface area contributed by atoms with Crippen molar-refractivity contribution >= 4 is 0 Å². The molecule has 2 unspecified atom stereocenters. The number of nitrogens with zero attached hydrogens (tertiary/aromatic N) is 3. The van der Waals surface area contributed by atoms with Gasteiger partial charge in [-0.3, -0.25) is 9.58 Å². The van der Waals surface area contributed by atoms with Gasteiger partial charge in [-0.2, -0.15) is 5.10 Å². The molecule has 1 fully saturated rings. The largest absolute Gasteiger partial charge is 0.388 e. The highest BCUT2D eigenvalue weighted by atomic mass is 16.5. The summed E-state index contributed by atoms with van der Waals surface area (Å²) in [5, 5.41) is 14.7. The molecule has 22 heavy (non-hydrogen) atoms. The van der Waals surface area contributed by atoms with E-state index in [4.69, 9.17) is 4.74 Å². The summed E-state index contributed by atoms with van der Waals surface area (Å²) in [5.74, 6) is 0. The van der Waals surface area contributed by atoms with Crippen LogP contribution in [0, 0.1) is 0 Å². The van der Waals surface area contributed by atoms with Gasteiger partial charge in [0.2, 0.25) is 0 Å². The van der Waals surface area contributed by atoms with Crippen LogP contribution in [-0.2, 0) is 18.3 Å². The zero-order valence-corrected chi connectivity index (χ0v) is 12.9. The predicted octanol–water partition coefficient (Wildman–Crippen LogP) is 1.74. The highest BCUT2D eigenvalue weighted by molar-refractivity contribution is 5.17. The van der Waals surface area contributed by atoms with Crippen molar-refractivity contribution in [3.05, 3.63) is 53.9 Å². The van der Waals surface area contributed by atoms with Gasteiger partial charge in [0.1, 0.15) is 0 Å². The van der Waals surface area contributed by atoms with Gasteiger partial charge in [0, 0.05) is 37.9 Å². The highest BCUT2D eigenvalue weighted by Crippen LogP contribution is 2.23. The number of ether oxygens (including phenoxy) is 1. The fourth-order valence-electron chi connectivity index (χ4n) is 2.97. The van der Waals surface area contributed by atoms with Crippen LogP contribution in [0.5, 0.6) is 0 Å². The van der Waals surface area contributed by atoms with E-state index in [1.165, 1.54) is 5.56 Å². The van der Waals surface area contributed by atoms with E-state index < -0.39 is 6.10 Å². The van der Waals surface area contributed by atoms with Crippen LogP contribution in [0.2, 0.25) is 0 Å². The predicted molar refractivity (Wildman–Crippen MR) is 84.2 cm³/mol. The molecule has 0 saturated carbocycles. The van der Waals surface area contributed by atoms with Crippen molar-refractivity contribution in [3.8, 4) is 0 Å². The summed E-state index contributed by atoms with van der Waals surface area (Å²) in [6, 6.07) is 10.1. The Balaban J connectivity index is 1.64. The molecule has 1 aliphatic heterocycles. The molecule has 2 aromatic rings. The molecule has 1 aromatic carbocycles. The second-order valence-electron chi connectivity index (χ2n) is 5.88. The summed E-state index contributed by atoms with van der Waals surface area (Å²) in [6.07, 6.45) is 4.18. The number of rotatable bonds is 5. The molecule has 1 aromatic heterocycles. The van der Waals surface area contributed by atoms with Crippen LogP contribution in [0.1, 0.15) is 23.7 Å². The van der Waals surface area contributed by atoms with E-state index in [9.17, 15) is 5.11 Å². The summed E-state index contributed by atoms with van der Waals surface area (Å²) in [4.78, 5) is 2.38. The lowest BCUT2D eigenvalue weighted by Gasteiger charge is -2.36. The molecular formula is C17H23N3O2. The van der Waals surface area contributed by atoms with Crippen LogP contribution in [-0.4, -0.2) is 45.6 Å². The molecule has 5 nitrogen and oxygen atoms in total. The van der Waals surface area contributed by atoms with Crippen molar-refractivity contribution in [3.63, 3.8) is 0 Å². The Morgan fingerprint density at radius 3 is 2.91 bits per heavy atom. The Morgan fingerprint density at radius 2 is 2.18 bits per heavy atom. The number of benzene rings is 1. The van der Waals surface area contributed by atoms with E-state index >= 15 is 0 Å². The normalized spacial score (nSPS) is 20.9. The summed E-state index contributed by atoms with van der Waals surface area (Å²) < 4.78 is 7.44. The van der Waals surface area contributed by atoms with Crippen LogP contribution < -0.4 is 0 Å². The molecular weight excluding hydrogens is 278 g/mol. The first-order chi connectivity index (χ1) is 10.7. The van der Waals surface area contributed by atoms with Gasteiger partial charge in [-0.25, -0.2) is 0 Å². The number of hydrogen-bond acceptors (Lipinski definition) is 4. The Kier molecular flexibility index (Phi) is 4.87. The molecule has 0 radical (unpaired) electrons. The third kappa shape index (κ3) is 3.74. The molecule has 0 spiro atoms. The molecule has 0 bridgehead atoms. The number of aryl methyl sites for hydroxylation is 1. The number of hydrogen-bond donors (Lipinski definition) is 1. The van der Waals surface area contributed by atoms with Gasteiger partial charge in [-0.15, -0.1) is 0 Å². The average Bonchev–Trinajstić information content (AvgIpc) is 2.95. The van der Waals surface area contributed by atoms with E-state index in [0.29, 0.717) is 13.0 Å². The Bertz CT molecular complexity index is 585. The lowest BCUT2D eigenvalue weighted by Crippen LogP contribution is -2.45. The SMILES string of the molecule is Cn1cc(CN2CCOCC2CC(O)c2ccccc2)cn1. The summed E-state index contributed by atoms with van der Waals surface area (Å²) in [5.41, 5.74) is 2.16. The minimum absolute atomic E-state index is 0.226. The maximum absolute atomic E-state index is 10.5. The molecule has 5 heteroatoms. The number of aliphatic hydroxyl groups excluding tert-OH is 1. The van der Waals surface area contributed by atoms with Gasteiger partial charge >= 0.3 is 0 Å². The Labute approximate surface area is 131 Å². The standard InChI is InChI=1S/C17H23N3O2/c1-19-11-14(10-18-19)12-20-7-8-22-13-16(20)9-17(21)15-5-3-2-4-6-15/h2-6,10-11,16-17,21H,7-9,12-13H2,1H3. The highest BCUT2D eigenvalue weighted by Gasteiger charge is 2.26. The van der Waals surface area contributed by atoms with Gasteiger partial charge in [0.25, 0.3) is 0 Å². The first-order valence-corrected chi connectivity index (χ1v) is 7.74. The minimum Gasteiger partial charge on any atom is -0.388 e. The maximum atomic E-state index is 10.5. The lowest BCUT2D eigenvalue weighted by molar-refractivity contribution is -0.0300. The van der Waals surface area contributed by atoms with Gasteiger partial charge < -0.3 is 9.84 Å². The molecule has 2 atom stereocenters. The monoisotopic (exact) mass is 301 g/mol. The fraction of sp³-hybridized carbons (Fsp3) is 0.471. The van der Waals surface area contributed by atoms with Gasteiger partial charge in [0.05, 0.1) is 25.5 Å². The second kappa shape index (κ2) is 7.05. The molecule has 1 saturated heterocycles. The quantitative estimate of drug-likeness (QED) is 0.914. The molecule has 1 N–H and O–H groups in total. The Hall–Kier alpha value is -1.69. The third-order valence-electron chi connectivity index (χ3n) is 4.17. The molecule has 0 amide bonds. The molecule has 118 valence electrons. The van der Waals surface area contributed by atoms with E-state index in [1.54, 1.807) is 0 Å². The fourth-order valence-corrected chi connectivity index (χ4v) is 2.97. The first-order valence-electron chi connectivity index (χ1n) is 7.74. The molecule has 1 aliphatic rings. The number of morpholine rings is 1. The third-order valence-corrected chi connectivity index (χ3v) is 4.17. The van der Waals surface area contributed by atoms with Crippen molar-refractivity contribution in [1.82, 2.24) is 14.7 Å². The van der Waals surface area contributed by atoms with Gasteiger partial charge in [-0.05, 0) is 12.0 Å². The van der Waals surface area contributed by atoms with E-state index in [-0.39, 0.29) is 6.04 Å². The summed E-state index contributed by atoms with van der Waals surface area (Å²) in [7, 11) is 1.93. The van der Waals surface area contributed by atoms with Crippen LogP contribution in [0.25, 0.3) is 0 Å². The van der Waals surface area contributed by atoms with Crippen LogP contribution >= 0.6 is 0 Å². The second-order valence-corrected chi connectivity index (χ2v) is 5.88. The van der Waals surface area contributed by atoms with Crippen molar-refractivity contribution in [2.24, 2.45) is 7.05 Å². The molecule has 3 rings (SSSR count). The number of aliphatic hydroxyl groups is 1. The maximum Gasteiger partial charge on any atom is 0.0805 e. The minimum atomic E-state index is -0.454. The lowest BCUT2D eigenvalue weighted by atomic mass is 10.0. The number of aromatic nitrogens is 2. The van der Waals surface area contributed by atoms with Crippen LogP contribution in [0.3, 0.4) is 0 Å². The smallest absolute Gasteiger partial charge is 0.0805 e. The topological polar surface area (TPSA) is 50.5 Å².